The van der Waals surface area contributed by atoms with E-state index >= 15 is 0 Å². The lowest BCUT2D eigenvalue weighted by atomic mass is 9.95. The highest BCUT2D eigenvalue weighted by molar-refractivity contribution is 5.01. The normalized spacial score (nSPS) is 39.0. The van der Waals surface area contributed by atoms with Crippen molar-refractivity contribution in [2.24, 2.45) is 5.92 Å². The molecule has 2 aliphatic rings. The summed E-state index contributed by atoms with van der Waals surface area (Å²) < 4.78 is 0. The third-order valence-electron chi connectivity index (χ3n) is 4.24. The van der Waals surface area contributed by atoms with Crippen LogP contribution in [0, 0.1) is 5.92 Å². The zero-order valence-electron chi connectivity index (χ0n) is 10.6. The Bertz CT molecular complexity index is 213. The molecule has 2 nitrogen and oxygen atoms in total. The van der Waals surface area contributed by atoms with Crippen molar-refractivity contribution in [2.45, 2.75) is 58.0 Å². The van der Waals surface area contributed by atoms with Gasteiger partial charge in [-0.3, -0.25) is 4.90 Å². The summed E-state index contributed by atoms with van der Waals surface area (Å²) in [4.78, 5) is 2.69. The Hall–Kier alpha value is -0.0800. The highest BCUT2D eigenvalue weighted by atomic mass is 15.2. The van der Waals surface area contributed by atoms with Crippen LogP contribution in [0.1, 0.15) is 46.5 Å². The van der Waals surface area contributed by atoms with E-state index in [2.05, 4.69) is 31.0 Å². The quantitative estimate of drug-likeness (QED) is 0.768. The average molecular weight is 210 g/mol. The molecule has 0 aromatic heterocycles. The Morgan fingerprint density at radius 3 is 2.67 bits per heavy atom. The molecule has 1 aliphatic heterocycles. The molecule has 1 heterocycles. The number of rotatable bonds is 3. The van der Waals surface area contributed by atoms with Gasteiger partial charge in [0, 0.05) is 18.1 Å². The molecule has 1 aliphatic carbocycles. The van der Waals surface area contributed by atoms with Gasteiger partial charge in [-0.15, -0.1) is 0 Å². The summed E-state index contributed by atoms with van der Waals surface area (Å²) in [7, 11) is 0. The van der Waals surface area contributed by atoms with Crippen LogP contribution in [0.3, 0.4) is 0 Å². The Kier molecular flexibility index (Phi) is 3.36. The monoisotopic (exact) mass is 210 g/mol. The average Bonchev–Trinajstić information content (AvgIpc) is 2.98. The minimum atomic E-state index is 0.403. The molecular weight excluding hydrogens is 184 g/mol. The molecule has 0 spiro atoms. The van der Waals surface area contributed by atoms with Crippen molar-refractivity contribution in [3.63, 3.8) is 0 Å². The summed E-state index contributed by atoms with van der Waals surface area (Å²) in [6, 6.07) is 0.762. The van der Waals surface area contributed by atoms with Gasteiger partial charge in [0.05, 0.1) is 0 Å². The highest BCUT2D eigenvalue weighted by Crippen LogP contribution is 2.40. The van der Waals surface area contributed by atoms with Crippen LogP contribution < -0.4 is 5.32 Å². The van der Waals surface area contributed by atoms with Crippen LogP contribution >= 0.6 is 0 Å². The van der Waals surface area contributed by atoms with Crippen molar-refractivity contribution in [2.75, 3.05) is 19.6 Å². The zero-order chi connectivity index (χ0) is 10.9. The van der Waals surface area contributed by atoms with E-state index in [0.29, 0.717) is 5.54 Å². The van der Waals surface area contributed by atoms with E-state index in [1.165, 1.54) is 45.3 Å². The Morgan fingerprint density at radius 2 is 2.07 bits per heavy atom. The molecule has 2 rings (SSSR count). The molecule has 0 bridgehead atoms. The summed E-state index contributed by atoms with van der Waals surface area (Å²) in [5.41, 5.74) is 0.403. The third kappa shape index (κ3) is 2.54. The molecule has 0 aromatic rings. The van der Waals surface area contributed by atoms with E-state index < -0.39 is 0 Å². The first-order valence-electron chi connectivity index (χ1n) is 6.65. The van der Waals surface area contributed by atoms with E-state index in [1.807, 2.05) is 0 Å². The van der Waals surface area contributed by atoms with Crippen molar-refractivity contribution in [3.8, 4) is 0 Å². The molecule has 15 heavy (non-hydrogen) atoms. The van der Waals surface area contributed by atoms with Crippen LogP contribution in [0.5, 0.6) is 0 Å². The number of hydrogen-bond donors (Lipinski definition) is 1. The molecule has 0 aromatic carbocycles. The van der Waals surface area contributed by atoms with Crippen LogP contribution in [-0.4, -0.2) is 36.1 Å². The second-order valence-corrected chi connectivity index (χ2v) is 5.73. The lowest BCUT2D eigenvalue weighted by Gasteiger charge is -2.35. The van der Waals surface area contributed by atoms with Crippen LogP contribution in [0.2, 0.25) is 0 Å². The predicted octanol–water partition coefficient (Wildman–Crippen LogP) is 2.25. The Morgan fingerprint density at radius 1 is 1.33 bits per heavy atom. The van der Waals surface area contributed by atoms with E-state index in [9.17, 15) is 0 Å². The summed E-state index contributed by atoms with van der Waals surface area (Å²) in [6.45, 7) is 10.8. The van der Waals surface area contributed by atoms with Crippen LogP contribution in [0.15, 0.2) is 0 Å². The van der Waals surface area contributed by atoms with E-state index in [1.54, 1.807) is 0 Å². The van der Waals surface area contributed by atoms with Gasteiger partial charge >= 0.3 is 0 Å². The summed E-state index contributed by atoms with van der Waals surface area (Å²) in [5, 5.41) is 3.80. The molecule has 2 unspecified atom stereocenters. The fourth-order valence-electron chi connectivity index (χ4n) is 2.96. The van der Waals surface area contributed by atoms with Crippen LogP contribution in [0.25, 0.3) is 0 Å². The van der Waals surface area contributed by atoms with Crippen LogP contribution in [0.4, 0.5) is 0 Å². The van der Waals surface area contributed by atoms with Gasteiger partial charge in [-0.25, -0.2) is 0 Å². The molecule has 0 radical (unpaired) electrons. The SMILES string of the molecule is CCCN1CC(C)(C2CC2)NCCC1C. The summed E-state index contributed by atoms with van der Waals surface area (Å²) >= 11 is 0. The number of nitrogens with one attached hydrogen (secondary N) is 1. The molecule has 1 saturated carbocycles. The van der Waals surface area contributed by atoms with Crippen molar-refractivity contribution in [3.05, 3.63) is 0 Å². The van der Waals surface area contributed by atoms with Crippen molar-refractivity contribution < 1.29 is 0 Å². The maximum absolute atomic E-state index is 3.80. The third-order valence-corrected chi connectivity index (χ3v) is 4.24. The van der Waals surface area contributed by atoms with Crippen molar-refractivity contribution in [1.29, 1.82) is 0 Å². The molecule has 2 atom stereocenters. The molecule has 2 fully saturated rings. The standard InChI is InChI=1S/C13H26N2/c1-4-9-15-10-13(3,12-5-6-12)14-8-7-11(15)2/h11-12,14H,4-10H2,1-3H3. The molecule has 1 N–H and O–H groups in total. The molecule has 88 valence electrons. The smallest absolute Gasteiger partial charge is 0.0308 e. The van der Waals surface area contributed by atoms with Crippen molar-refractivity contribution >= 4 is 0 Å². The topological polar surface area (TPSA) is 15.3 Å². The fourth-order valence-corrected chi connectivity index (χ4v) is 2.96. The maximum Gasteiger partial charge on any atom is 0.0308 e. The maximum atomic E-state index is 3.80. The number of hydrogen-bond acceptors (Lipinski definition) is 2. The van der Waals surface area contributed by atoms with Gasteiger partial charge < -0.3 is 5.32 Å². The predicted molar refractivity (Wildman–Crippen MR) is 65.1 cm³/mol. The first-order valence-corrected chi connectivity index (χ1v) is 6.65. The van der Waals surface area contributed by atoms with Gasteiger partial charge in [0.25, 0.3) is 0 Å². The second kappa shape index (κ2) is 4.42. The lowest BCUT2D eigenvalue weighted by Crippen LogP contribution is -2.51. The molecular formula is C13H26N2. The van der Waals surface area contributed by atoms with Gasteiger partial charge in [0.15, 0.2) is 0 Å². The lowest BCUT2D eigenvalue weighted by molar-refractivity contribution is 0.162. The van der Waals surface area contributed by atoms with Crippen LogP contribution in [-0.2, 0) is 0 Å². The first kappa shape index (κ1) is 11.4. The summed E-state index contributed by atoms with van der Waals surface area (Å²) in [5.74, 6) is 0.946. The van der Waals surface area contributed by atoms with Gasteiger partial charge in [-0.05, 0) is 58.5 Å². The molecule has 2 heteroatoms. The zero-order valence-corrected chi connectivity index (χ0v) is 10.6. The fraction of sp³-hybridized carbons (Fsp3) is 1.00. The van der Waals surface area contributed by atoms with E-state index in [0.717, 1.165) is 12.0 Å². The van der Waals surface area contributed by atoms with Gasteiger partial charge in [-0.1, -0.05) is 6.92 Å². The largest absolute Gasteiger partial charge is 0.310 e. The number of nitrogens with zero attached hydrogens (tertiary/aromatic N) is 1. The second-order valence-electron chi connectivity index (χ2n) is 5.73. The highest BCUT2D eigenvalue weighted by Gasteiger charge is 2.43. The minimum Gasteiger partial charge on any atom is -0.310 e. The molecule has 0 amide bonds. The summed E-state index contributed by atoms with van der Waals surface area (Å²) in [6.07, 6.45) is 5.48. The van der Waals surface area contributed by atoms with E-state index in [-0.39, 0.29) is 0 Å². The van der Waals surface area contributed by atoms with Gasteiger partial charge in [0.1, 0.15) is 0 Å². The van der Waals surface area contributed by atoms with E-state index in [4.69, 9.17) is 0 Å². The Balaban J connectivity index is 2.02. The Labute approximate surface area is 94.4 Å². The molecule has 1 saturated heterocycles. The van der Waals surface area contributed by atoms with Gasteiger partial charge in [0.2, 0.25) is 0 Å². The minimum absolute atomic E-state index is 0.403. The first-order chi connectivity index (χ1) is 7.15. The van der Waals surface area contributed by atoms with Gasteiger partial charge in [-0.2, -0.15) is 0 Å². The van der Waals surface area contributed by atoms with Crippen molar-refractivity contribution in [1.82, 2.24) is 10.2 Å².